The Morgan fingerprint density at radius 2 is 1.12 bits per heavy atom. The fourth-order valence-corrected chi connectivity index (χ4v) is 4.38. The van der Waals surface area contributed by atoms with Crippen LogP contribution in [0.2, 0.25) is 0 Å². The Morgan fingerprint density at radius 1 is 0.707 bits per heavy atom. The SMILES string of the molecule is NCCN1CCNC(=O)c2ccc(c(=S)n2O)C(=O)NCCOCCNC(=O)c2ccc(n(O)c2=S)C(=O)NCC1. The second-order valence-corrected chi connectivity index (χ2v) is 9.54. The number of carbonyl (C=O) groups excluding carboxylic acids is 4. The summed E-state index contributed by atoms with van der Waals surface area (Å²) in [5.74, 6) is -2.34. The third-order valence-electron chi connectivity index (χ3n) is 6.01. The third-order valence-corrected chi connectivity index (χ3v) is 6.79. The lowest BCUT2D eigenvalue weighted by molar-refractivity contribution is 0.0854. The summed E-state index contributed by atoms with van der Waals surface area (Å²) in [5, 5.41) is 31.4. The average Bonchev–Trinajstić information content (AvgIpc) is 2.94. The number of aromatic nitrogens is 2. The van der Waals surface area contributed by atoms with Gasteiger partial charge in [0, 0.05) is 52.4 Å². The van der Waals surface area contributed by atoms with E-state index in [0.29, 0.717) is 35.6 Å². The van der Waals surface area contributed by atoms with Crippen molar-refractivity contribution in [2.24, 2.45) is 5.73 Å². The van der Waals surface area contributed by atoms with Crippen LogP contribution in [0.25, 0.3) is 0 Å². The highest BCUT2D eigenvalue weighted by Gasteiger charge is 2.18. The summed E-state index contributed by atoms with van der Waals surface area (Å²) in [7, 11) is 0. The van der Waals surface area contributed by atoms with E-state index in [4.69, 9.17) is 34.9 Å². The number of hydrogen-bond acceptors (Lipinski definition) is 11. The highest BCUT2D eigenvalue weighted by Crippen LogP contribution is 2.09. The maximum atomic E-state index is 12.7. The second-order valence-electron chi connectivity index (χ2n) is 8.76. The Morgan fingerprint density at radius 3 is 1.54 bits per heavy atom. The molecule has 4 aliphatic rings. The maximum Gasteiger partial charge on any atom is 0.271 e. The number of rotatable bonds is 2. The van der Waals surface area contributed by atoms with Crippen LogP contribution in [-0.4, -0.2) is 114 Å². The monoisotopic (exact) mass is 608 g/mol. The van der Waals surface area contributed by atoms with Crippen LogP contribution in [0.3, 0.4) is 0 Å². The molecule has 0 spiro atoms. The van der Waals surface area contributed by atoms with Crippen molar-refractivity contribution < 1.29 is 34.3 Å². The van der Waals surface area contributed by atoms with Crippen molar-refractivity contribution in [2.75, 3.05) is 65.6 Å². The molecule has 17 heteroatoms. The van der Waals surface area contributed by atoms with E-state index in [1.54, 1.807) is 0 Å². The quantitative estimate of drug-likeness (QED) is 0.165. The first-order chi connectivity index (χ1) is 19.6. The number of pyridine rings is 2. The minimum absolute atomic E-state index is 0.00391. The lowest BCUT2D eigenvalue weighted by atomic mass is 10.2. The van der Waals surface area contributed by atoms with E-state index < -0.39 is 23.6 Å². The zero-order valence-corrected chi connectivity index (χ0v) is 23.7. The Balaban J connectivity index is 1.76. The minimum atomic E-state index is -0.607. The number of ether oxygens (including phenoxy) is 1. The molecule has 41 heavy (non-hydrogen) atoms. The summed E-state index contributed by atoms with van der Waals surface area (Å²) in [6.45, 7) is 2.34. The number of hydrogen-bond donors (Lipinski definition) is 7. The molecule has 2 aromatic heterocycles. The smallest absolute Gasteiger partial charge is 0.271 e. The van der Waals surface area contributed by atoms with Gasteiger partial charge in [-0.15, -0.1) is 0 Å². The van der Waals surface area contributed by atoms with E-state index in [9.17, 15) is 29.6 Å². The van der Waals surface area contributed by atoms with E-state index in [2.05, 4.69) is 21.3 Å². The van der Waals surface area contributed by atoms with Crippen molar-refractivity contribution in [1.82, 2.24) is 35.6 Å². The molecule has 0 aliphatic carbocycles. The van der Waals surface area contributed by atoms with Crippen molar-refractivity contribution in [3.05, 3.63) is 56.1 Å². The van der Waals surface area contributed by atoms with Gasteiger partial charge in [0.2, 0.25) is 0 Å². The molecule has 2 aromatic rings. The molecule has 222 valence electrons. The van der Waals surface area contributed by atoms with Crippen LogP contribution in [0.1, 0.15) is 41.7 Å². The maximum absolute atomic E-state index is 12.7. The molecule has 0 atom stereocenters. The standard InChI is InChI=1S/C24H32N8O7S2/c25-5-10-30-11-6-26-21(35)17-3-1-15(23(40)31(17)37)19(33)28-8-13-39-14-9-29-20(34)16-2-4-18(32(38)24(16)41)22(36)27-7-12-30/h1-4,37-38H,5-14,25H2,(H,26,35)(H,27,36)(H,28,33)(H,29,34). The summed E-state index contributed by atoms with van der Waals surface area (Å²) >= 11 is 10.3. The number of nitrogens with two attached hydrogens (primary N) is 1. The molecule has 0 radical (unpaired) electrons. The molecular formula is C24H32N8O7S2. The first kappa shape index (κ1) is 31.6. The average molecular weight is 609 g/mol. The molecule has 0 saturated carbocycles. The van der Waals surface area contributed by atoms with Crippen LogP contribution < -0.4 is 27.0 Å². The van der Waals surface area contributed by atoms with Crippen LogP contribution in [-0.2, 0) is 4.74 Å². The van der Waals surface area contributed by atoms with Gasteiger partial charge in [-0.1, -0.05) is 24.4 Å². The van der Waals surface area contributed by atoms with Crippen LogP contribution >= 0.6 is 24.4 Å². The third kappa shape index (κ3) is 8.30. The zero-order chi connectivity index (χ0) is 29.9. The highest BCUT2D eigenvalue weighted by molar-refractivity contribution is 7.71. The largest absolute Gasteiger partial charge is 0.427 e. The Labute approximate surface area is 245 Å². The van der Waals surface area contributed by atoms with Crippen LogP contribution in [0.15, 0.2) is 24.3 Å². The van der Waals surface area contributed by atoms with Gasteiger partial charge in [-0.05, 0) is 24.3 Å². The Bertz CT molecular complexity index is 1310. The molecule has 0 unspecified atom stereocenters. The van der Waals surface area contributed by atoms with Gasteiger partial charge in [0.15, 0.2) is 9.28 Å². The topological polar surface area (TPSA) is 205 Å². The van der Waals surface area contributed by atoms with Crippen molar-refractivity contribution in [3.63, 3.8) is 0 Å². The van der Waals surface area contributed by atoms with E-state index in [-0.39, 0.29) is 71.2 Å². The molecular weight excluding hydrogens is 576 g/mol. The fraction of sp³-hybridized carbons (Fsp3) is 0.417. The van der Waals surface area contributed by atoms with Crippen molar-refractivity contribution in [1.29, 1.82) is 0 Å². The van der Waals surface area contributed by atoms with Gasteiger partial charge >= 0.3 is 0 Å². The first-order valence-electron chi connectivity index (χ1n) is 12.7. The zero-order valence-electron chi connectivity index (χ0n) is 22.1. The molecule has 6 heterocycles. The number of carbonyl (C=O) groups is 4. The van der Waals surface area contributed by atoms with Gasteiger partial charge in [0.25, 0.3) is 23.6 Å². The van der Waals surface area contributed by atoms with E-state index in [1.807, 2.05) is 4.90 Å². The lowest BCUT2D eigenvalue weighted by Crippen LogP contribution is -2.42. The molecule has 15 nitrogen and oxygen atoms in total. The summed E-state index contributed by atoms with van der Waals surface area (Å²) in [6, 6.07) is 5.26. The second kappa shape index (κ2) is 15.2. The Kier molecular flexibility index (Phi) is 11.7. The lowest BCUT2D eigenvalue weighted by Gasteiger charge is -2.22. The van der Waals surface area contributed by atoms with E-state index in [0.717, 1.165) is 0 Å². The van der Waals surface area contributed by atoms with Crippen LogP contribution in [0.5, 0.6) is 0 Å². The summed E-state index contributed by atoms with van der Waals surface area (Å²) < 4.78 is 5.88. The van der Waals surface area contributed by atoms with Gasteiger partial charge in [-0.25, -0.2) is 0 Å². The number of nitrogens with one attached hydrogen (secondary N) is 4. The minimum Gasteiger partial charge on any atom is -0.427 e. The van der Waals surface area contributed by atoms with Gasteiger partial charge < -0.3 is 42.2 Å². The van der Waals surface area contributed by atoms with E-state index >= 15 is 0 Å². The molecule has 4 amide bonds. The van der Waals surface area contributed by atoms with Crippen molar-refractivity contribution >= 4 is 48.1 Å². The predicted molar refractivity (Wildman–Crippen MR) is 151 cm³/mol. The Hall–Kier alpha value is -3.90. The summed E-state index contributed by atoms with van der Waals surface area (Å²) in [5.41, 5.74) is 5.38. The predicted octanol–water partition coefficient (Wildman–Crippen LogP) is -0.867. The van der Waals surface area contributed by atoms with Gasteiger partial charge in [-0.2, -0.15) is 9.46 Å². The highest BCUT2D eigenvalue weighted by atomic mass is 32.1. The molecule has 8 N–H and O–H groups in total. The molecule has 4 bridgehead atoms. The molecule has 0 aromatic carbocycles. The molecule has 4 aliphatic heterocycles. The number of amides is 4. The molecule has 0 fully saturated rings. The number of nitrogens with zero attached hydrogens (tertiary/aromatic N) is 3. The van der Waals surface area contributed by atoms with Gasteiger partial charge in [0.05, 0.1) is 24.3 Å². The van der Waals surface area contributed by atoms with Crippen molar-refractivity contribution in [2.45, 2.75) is 0 Å². The van der Waals surface area contributed by atoms with Gasteiger partial charge in [-0.3, -0.25) is 24.1 Å². The molecule has 0 saturated heterocycles. The van der Waals surface area contributed by atoms with Crippen LogP contribution in [0, 0.1) is 9.28 Å². The fourth-order valence-electron chi connectivity index (χ4n) is 3.86. The van der Waals surface area contributed by atoms with Gasteiger partial charge in [0.1, 0.15) is 11.4 Å². The summed E-state index contributed by atoms with van der Waals surface area (Å²) in [4.78, 5) is 52.3. The van der Waals surface area contributed by atoms with E-state index in [1.165, 1.54) is 24.3 Å². The first-order valence-corrected chi connectivity index (χ1v) is 13.5. The normalized spacial score (nSPS) is 17.0. The van der Waals surface area contributed by atoms with Crippen LogP contribution in [0.4, 0.5) is 0 Å². The summed E-state index contributed by atoms with van der Waals surface area (Å²) in [6.07, 6.45) is 0. The van der Waals surface area contributed by atoms with Crippen molar-refractivity contribution in [3.8, 4) is 0 Å². The molecule has 6 rings (SSSR count).